The molecule has 1 heterocycles. The van der Waals surface area contributed by atoms with Crippen LogP contribution < -0.4 is 0 Å². The van der Waals surface area contributed by atoms with Crippen molar-refractivity contribution in [3.05, 3.63) is 76.5 Å². The Morgan fingerprint density at radius 3 is 2.36 bits per heavy atom. The molecule has 0 radical (unpaired) electrons. The SMILES string of the molecule is Cc1ccc(C(=O)N(Cc2cc(-c3ccc(C)c(C)c3)on2)CC(C)C)cc1. The lowest BCUT2D eigenvalue weighted by atomic mass is 10.0. The van der Waals surface area contributed by atoms with Crippen molar-refractivity contribution in [3.8, 4) is 11.3 Å². The molecule has 0 atom stereocenters. The van der Waals surface area contributed by atoms with E-state index in [1.807, 2.05) is 48.2 Å². The Bertz CT molecular complexity index is 955. The van der Waals surface area contributed by atoms with E-state index in [-0.39, 0.29) is 5.91 Å². The molecule has 1 amide bonds. The van der Waals surface area contributed by atoms with Crippen LogP contribution in [0.4, 0.5) is 0 Å². The molecule has 28 heavy (non-hydrogen) atoms. The average Bonchev–Trinajstić information content (AvgIpc) is 3.12. The number of rotatable bonds is 6. The quantitative estimate of drug-likeness (QED) is 0.565. The van der Waals surface area contributed by atoms with E-state index < -0.39 is 0 Å². The highest BCUT2D eigenvalue weighted by Crippen LogP contribution is 2.24. The number of hydrogen-bond donors (Lipinski definition) is 0. The molecular formula is C24H28N2O2. The molecule has 2 aromatic carbocycles. The van der Waals surface area contributed by atoms with Gasteiger partial charge in [-0.15, -0.1) is 0 Å². The molecule has 0 fully saturated rings. The summed E-state index contributed by atoms with van der Waals surface area (Å²) in [6.07, 6.45) is 0. The zero-order valence-corrected chi connectivity index (χ0v) is 17.3. The highest BCUT2D eigenvalue weighted by atomic mass is 16.5. The second kappa shape index (κ2) is 8.42. The Morgan fingerprint density at radius 1 is 1.00 bits per heavy atom. The van der Waals surface area contributed by atoms with Crippen molar-refractivity contribution in [3.63, 3.8) is 0 Å². The minimum Gasteiger partial charge on any atom is -0.356 e. The van der Waals surface area contributed by atoms with E-state index in [9.17, 15) is 4.79 Å². The van der Waals surface area contributed by atoms with Gasteiger partial charge >= 0.3 is 0 Å². The van der Waals surface area contributed by atoms with Crippen molar-refractivity contribution in [2.24, 2.45) is 5.92 Å². The molecule has 0 aliphatic heterocycles. The van der Waals surface area contributed by atoms with Gasteiger partial charge in [0.15, 0.2) is 5.76 Å². The van der Waals surface area contributed by atoms with Crippen molar-refractivity contribution < 1.29 is 9.32 Å². The van der Waals surface area contributed by atoms with Crippen molar-refractivity contribution >= 4 is 5.91 Å². The predicted octanol–water partition coefficient (Wildman–Crippen LogP) is 5.57. The van der Waals surface area contributed by atoms with Gasteiger partial charge in [0.1, 0.15) is 5.69 Å². The third kappa shape index (κ3) is 4.69. The minimum absolute atomic E-state index is 0.0180. The Kier molecular flexibility index (Phi) is 5.98. The van der Waals surface area contributed by atoms with Gasteiger partial charge in [-0.25, -0.2) is 0 Å². The van der Waals surface area contributed by atoms with Gasteiger partial charge in [-0.05, 0) is 56.0 Å². The predicted molar refractivity (Wildman–Crippen MR) is 112 cm³/mol. The zero-order chi connectivity index (χ0) is 20.3. The highest BCUT2D eigenvalue weighted by molar-refractivity contribution is 5.94. The van der Waals surface area contributed by atoms with E-state index in [4.69, 9.17) is 4.52 Å². The van der Waals surface area contributed by atoms with Crippen LogP contribution >= 0.6 is 0 Å². The topological polar surface area (TPSA) is 46.3 Å². The third-order valence-electron chi connectivity index (χ3n) is 4.87. The molecule has 0 spiro atoms. The van der Waals surface area contributed by atoms with E-state index >= 15 is 0 Å². The first-order valence-electron chi connectivity index (χ1n) is 9.72. The van der Waals surface area contributed by atoms with Gasteiger partial charge in [-0.3, -0.25) is 4.79 Å². The lowest BCUT2D eigenvalue weighted by Gasteiger charge is -2.23. The van der Waals surface area contributed by atoms with Crippen molar-refractivity contribution in [1.82, 2.24) is 10.1 Å². The van der Waals surface area contributed by atoms with E-state index in [0.717, 1.165) is 22.6 Å². The van der Waals surface area contributed by atoms with Gasteiger partial charge in [0.2, 0.25) is 0 Å². The molecule has 0 saturated heterocycles. The van der Waals surface area contributed by atoms with Crippen LogP contribution in [0.25, 0.3) is 11.3 Å². The Morgan fingerprint density at radius 2 is 1.71 bits per heavy atom. The van der Waals surface area contributed by atoms with Gasteiger partial charge in [0.05, 0.1) is 6.54 Å². The molecule has 0 aliphatic rings. The molecule has 0 bridgehead atoms. The monoisotopic (exact) mass is 376 g/mol. The van der Waals surface area contributed by atoms with Gasteiger partial charge in [-0.2, -0.15) is 0 Å². The van der Waals surface area contributed by atoms with Gasteiger partial charge < -0.3 is 9.42 Å². The maximum atomic E-state index is 13.0. The number of carbonyl (C=O) groups is 1. The summed E-state index contributed by atoms with van der Waals surface area (Å²) >= 11 is 0. The summed E-state index contributed by atoms with van der Waals surface area (Å²) < 4.78 is 5.56. The van der Waals surface area contributed by atoms with Crippen molar-refractivity contribution in [2.75, 3.05) is 6.54 Å². The number of amides is 1. The number of aromatic nitrogens is 1. The number of carbonyl (C=O) groups excluding carboxylic acids is 1. The number of benzene rings is 2. The largest absolute Gasteiger partial charge is 0.356 e. The third-order valence-corrected chi connectivity index (χ3v) is 4.87. The Balaban J connectivity index is 1.81. The molecule has 1 aromatic heterocycles. The molecule has 4 heteroatoms. The van der Waals surface area contributed by atoms with Crippen LogP contribution in [0, 0.1) is 26.7 Å². The van der Waals surface area contributed by atoms with Crippen molar-refractivity contribution in [2.45, 2.75) is 41.2 Å². The first-order valence-corrected chi connectivity index (χ1v) is 9.72. The smallest absolute Gasteiger partial charge is 0.254 e. The second-order valence-electron chi connectivity index (χ2n) is 7.93. The lowest BCUT2D eigenvalue weighted by molar-refractivity contribution is 0.0719. The summed E-state index contributed by atoms with van der Waals surface area (Å²) in [6.45, 7) is 11.5. The molecule has 3 rings (SSSR count). The summed E-state index contributed by atoms with van der Waals surface area (Å²) in [5.74, 6) is 1.11. The van der Waals surface area contributed by atoms with Crippen LogP contribution in [0.3, 0.4) is 0 Å². The fourth-order valence-electron chi connectivity index (χ4n) is 3.15. The molecule has 146 valence electrons. The van der Waals surface area contributed by atoms with Crippen LogP contribution in [0.1, 0.15) is 46.6 Å². The number of nitrogens with zero attached hydrogens (tertiary/aromatic N) is 2. The summed E-state index contributed by atoms with van der Waals surface area (Å²) in [5.41, 5.74) is 6.06. The first-order chi connectivity index (χ1) is 13.3. The van der Waals surface area contributed by atoms with E-state index in [1.54, 1.807) is 0 Å². The van der Waals surface area contributed by atoms with Crippen LogP contribution in [0.2, 0.25) is 0 Å². The normalized spacial score (nSPS) is 11.1. The minimum atomic E-state index is 0.0180. The first kappa shape index (κ1) is 19.9. The zero-order valence-electron chi connectivity index (χ0n) is 17.3. The standard InChI is InChI=1S/C24H28N2O2/c1-16(2)14-26(24(27)20-9-6-17(3)7-10-20)15-22-13-23(28-25-22)21-11-8-18(4)19(5)12-21/h6-13,16H,14-15H2,1-5H3. The van der Waals surface area contributed by atoms with Crippen molar-refractivity contribution in [1.29, 1.82) is 0 Å². The van der Waals surface area contributed by atoms with Gasteiger partial charge in [0.25, 0.3) is 5.91 Å². The number of hydrogen-bond acceptors (Lipinski definition) is 3. The maximum Gasteiger partial charge on any atom is 0.254 e. The highest BCUT2D eigenvalue weighted by Gasteiger charge is 2.19. The fraction of sp³-hybridized carbons (Fsp3) is 0.333. The molecule has 0 N–H and O–H groups in total. The van der Waals surface area contributed by atoms with Crippen LogP contribution in [-0.4, -0.2) is 22.5 Å². The van der Waals surface area contributed by atoms with Crippen LogP contribution in [0.5, 0.6) is 0 Å². The Hall–Kier alpha value is -2.88. The summed E-state index contributed by atoms with van der Waals surface area (Å²) in [4.78, 5) is 14.9. The van der Waals surface area contributed by atoms with E-state index in [1.165, 1.54) is 11.1 Å². The lowest BCUT2D eigenvalue weighted by Crippen LogP contribution is -2.33. The van der Waals surface area contributed by atoms with Gasteiger partial charge in [-0.1, -0.05) is 48.8 Å². The molecule has 3 aromatic rings. The second-order valence-corrected chi connectivity index (χ2v) is 7.93. The van der Waals surface area contributed by atoms with Crippen LogP contribution in [0.15, 0.2) is 53.1 Å². The number of aryl methyl sites for hydroxylation is 3. The Labute approximate surface area is 167 Å². The average molecular weight is 377 g/mol. The maximum absolute atomic E-state index is 13.0. The van der Waals surface area contributed by atoms with E-state index in [0.29, 0.717) is 24.6 Å². The summed E-state index contributed by atoms with van der Waals surface area (Å²) in [6, 6.07) is 15.9. The fourth-order valence-corrected chi connectivity index (χ4v) is 3.15. The molecule has 0 aliphatic carbocycles. The van der Waals surface area contributed by atoms with E-state index in [2.05, 4.69) is 45.0 Å². The summed E-state index contributed by atoms with van der Waals surface area (Å²) in [7, 11) is 0. The molecule has 0 saturated carbocycles. The molecule has 0 unspecified atom stereocenters. The van der Waals surface area contributed by atoms with Crippen LogP contribution in [-0.2, 0) is 6.54 Å². The molecular weight excluding hydrogens is 348 g/mol. The van der Waals surface area contributed by atoms with Gasteiger partial charge in [0, 0.05) is 23.7 Å². The summed E-state index contributed by atoms with van der Waals surface area (Å²) in [5, 5.41) is 4.21. The molecule has 4 nitrogen and oxygen atoms in total.